The van der Waals surface area contributed by atoms with Crippen molar-refractivity contribution < 1.29 is 4.74 Å². The lowest BCUT2D eigenvalue weighted by Crippen LogP contribution is -2.22. The van der Waals surface area contributed by atoms with Gasteiger partial charge in [-0.3, -0.25) is 9.88 Å². The first-order chi connectivity index (χ1) is 12.8. The third kappa shape index (κ3) is 3.48. The molecular formula is C21H24N2OS2. The number of thiophene rings is 1. The maximum atomic E-state index is 5.59. The summed E-state index contributed by atoms with van der Waals surface area (Å²) in [5, 5.41) is 1.36. The molecule has 0 N–H and O–H groups in total. The molecule has 0 amide bonds. The molecule has 0 radical (unpaired) electrons. The molecule has 1 aliphatic rings. The molecule has 4 rings (SSSR count). The molecule has 1 fully saturated rings. The van der Waals surface area contributed by atoms with Crippen LogP contribution in [-0.4, -0.2) is 41.7 Å². The van der Waals surface area contributed by atoms with Gasteiger partial charge in [-0.15, -0.1) is 23.1 Å². The molecule has 3 heterocycles. The summed E-state index contributed by atoms with van der Waals surface area (Å²) >= 11 is 3.98. The molecule has 3 aromatic rings. The number of rotatable bonds is 6. The maximum absolute atomic E-state index is 5.59. The number of methoxy groups -OCH3 is 1. The van der Waals surface area contributed by atoms with Gasteiger partial charge in [0.25, 0.3) is 0 Å². The molecule has 1 saturated heterocycles. The lowest BCUT2D eigenvalue weighted by Gasteiger charge is -2.18. The fourth-order valence-corrected chi connectivity index (χ4v) is 6.02. The predicted molar refractivity (Wildman–Crippen MR) is 113 cm³/mol. The molecule has 0 spiro atoms. The second-order valence-electron chi connectivity index (χ2n) is 6.65. The zero-order chi connectivity index (χ0) is 17.9. The van der Waals surface area contributed by atoms with Crippen molar-refractivity contribution in [2.24, 2.45) is 0 Å². The van der Waals surface area contributed by atoms with Crippen molar-refractivity contribution in [3.63, 3.8) is 0 Å². The van der Waals surface area contributed by atoms with Crippen molar-refractivity contribution in [1.82, 2.24) is 9.88 Å². The number of benzene rings is 1. The lowest BCUT2D eigenvalue weighted by atomic mass is 9.93. The van der Waals surface area contributed by atoms with E-state index in [0.29, 0.717) is 0 Å². The topological polar surface area (TPSA) is 25.4 Å². The van der Waals surface area contributed by atoms with E-state index in [1.807, 2.05) is 41.4 Å². The number of pyridine rings is 1. The van der Waals surface area contributed by atoms with E-state index in [-0.39, 0.29) is 5.92 Å². The van der Waals surface area contributed by atoms with Crippen LogP contribution in [0.25, 0.3) is 10.1 Å². The van der Waals surface area contributed by atoms with E-state index in [1.54, 1.807) is 7.11 Å². The molecule has 26 heavy (non-hydrogen) atoms. The molecule has 0 unspecified atom stereocenters. The van der Waals surface area contributed by atoms with Crippen LogP contribution in [0.1, 0.15) is 29.0 Å². The summed E-state index contributed by atoms with van der Waals surface area (Å²) in [5.41, 5.74) is 2.45. The second kappa shape index (κ2) is 7.99. The smallest absolute Gasteiger partial charge is 0.140 e. The predicted octanol–water partition coefficient (Wildman–Crippen LogP) is 5.01. The van der Waals surface area contributed by atoms with Gasteiger partial charge in [0, 0.05) is 46.4 Å². The molecule has 0 bridgehead atoms. The molecule has 1 aromatic carbocycles. The number of thioether (sulfide) groups is 1. The molecule has 5 heteroatoms. The van der Waals surface area contributed by atoms with E-state index >= 15 is 0 Å². The van der Waals surface area contributed by atoms with Gasteiger partial charge in [0.1, 0.15) is 5.75 Å². The quantitative estimate of drug-likeness (QED) is 0.597. The van der Waals surface area contributed by atoms with E-state index in [2.05, 4.69) is 41.1 Å². The molecule has 2 aromatic heterocycles. The third-order valence-electron chi connectivity index (χ3n) is 5.05. The summed E-state index contributed by atoms with van der Waals surface area (Å²) in [6, 6.07) is 12.7. The van der Waals surface area contributed by atoms with E-state index < -0.39 is 0 Å². The van der Waals surface area contributed by atoms with E-state index in [9.17, 15) is 0 Å². The van der Waals surface area contributed by atoms with Crippen molar-refractivity contribution >= 4 is 33.2 Å². The highest BCUT2D eigenvalue weighted by atomic mass is 32.2. The van der Waals surface area contributed by atoms with Crippen LogP contribution in [0.3, 0.4) is 0 Å². The van der Waals surface area contributed by atoms with Crippen molar-refractivity contribution in [3.05, 3.63) is 58.7 Å². The third-order valence-corrected chi connectivity index (χ3v) is 7.32. The molecule has 1 aliphatic heterocycles. The SMILES string of the molecule is COc1cccnc1[C@H](C)c1c(CCN2CCSC2)sc2ccccc12. The Kier molecular flexibility index (Phi) is 5.48. The monoisotopic (exact) mass is 384 g/mol. The fourth-order valence-electron chi connectivity index (χ4n) is 3.70. The van der Waals surface area contributed by atoms with Gasteiger partial charge in [-0.05, 0) is 35.6 Å². The Bertz CT molecular complexity index is 887. The number of fused-ring (bicyclic) bond motifs is 1. The number of hydrogen-bond acceptors (Lipinski definition) is 5. The molecular weight excluding hydrogens is 360 g/mol. The average Bonchev–Trinajstić information content (AvgIpc) is 3.33. The summed E-state index contributed by atoms with van der Waals surface area (Å²) in [4.78, 5) is 8.71. The Morgan fingerprint density at radius 1 is 1.23 bits per heavy atom. The van der Waals surface area contributed by atoms with Crippen LogP contribution in [0.15, 0.2) is 42.6 Å². The normalized spacial score (nSPS) is 16.2. The van der Waals surface area contributed by atoms with Crippen LogP contribution in [-0.2, 0) is 6.42 Å². The van der Waals surface area contributed by atoms with Crippen LogP contribution in [0, 0.1) is 0 Å². The zero-order valence-corrected chi connectivity index (χ0v) is 16.9. The lowest BCUT2D eigenvalue weighted by molar-refractivity contribution is 0.361. The van der Waals surface area contributed by atoms with Crippen molar-refractivity contribution in [2.45, 2.75) is 19.3 Å². The number of aromatic nitrogens is 1. The minimum Gasteiger partial charge on any atom is -0.495 e. The fraction of sp³-hybridized carbons (Fsp3) is 0.381. The molecule has 0 saturated carbocycles. The number of nitrogens with zero attached hydrogens (tertiary/aromatic N) is 2. The highest BCUT2D eigenvalue weighted by Crippen LogP contribution is 2.40. The molecule has 1 atom stereocenters. The van der Waals surface area contributed by atoms with Crippen LogP contribution in [0.5, 0.6) is 5.75 Å². The van der Waals surface area contributed by atoms with Gasteiger partial charge in [-0.25, -0.2) is 0 Å². The van der Waals surface area contributed by atoms with Crippen molar-refractivity contribution in [2.75, 3.05) is 31.8 Å². The Labute approximate surface area is 163 Å². The first kappa shape index (κ1) is 17.8. The molecule has 0 aliphatic carbocycles. The summed E-state index contributed by atoms with van der Waals surface area (Å²) in [7, 11) is 1.73. The van der Waals surface area contributed by atoms with E-state index in [1.165, 1.54) is 38.7 Å². The first-order valence-electron chi connectivity index (χ1n) is 9.07. The highest BCUT2D eigenvalue weighted by Gasteiger charge is 2.23. The van der Waals surface area contributed by atoms with Gasteiger partial charge in [0.05, 0.1) is 12.8 Å². The summed E-state index contributed by atoms with van der Waals surface area (Å²) < 4.78 is 6.96. The minimum atomic E-state index is 0.213. The van der Waals surface area contributed by atoms with Gasteiger partial charge in [0.15, 0.2) is 0 Å². The highest BCUT2D eigenvalue weighted by molar-refractivity contribution is 7.99. The largest absolute Gasteiger partial charge is 0.495 e. The summed E-state index contributed by atoms with van der Waals surface area (Å²) in [5.74, 6) is 3.52. The van der Waals surface area contributed by atoms with E-state index in [4.69, 9.17) is 4.74 Å². The van der Waals surface area contributed by atoms with Crippen molar-refractivity contribution in [3.8, 4) is 5.75 Å². The number of hydrogen-bond donors (Lipinski definition) is 0. The summed E-state index contributed by atoms with van der Waals surface area (Å²) in [6.45, 7) is 4.61. The molecule has 3 nitrogen and oxygen atoms in total. The minimum absolute atomic E-state index is 0.213. The Morgan fingerprint density at radius 3 is 2.92 bits per heavy atom. The van der Waals surface area contributed by atoms with Gasteiger partial charge < -0.3 is 4.74 Å². The van der Waals surface area contributed by atoms with Gasteiger partial charge in [-0.2, -0.15) is 0 Å². The van der Waals surface area contributed by atoms with Crippen LogP contribution in [0.2, 0.25) is 0 Å². The van der Waals surface area contributed by atoms with Crippen LogP contribution >= 0.6 is 23.1 Å². The Morgan fingerprint density at radius 2 is 2.12 bits per heavy atom. The Balaban J connectivity index is 1.72. The van der Waals surface area contributed by atoms with Gasteiger partial charge in [0.2, 0.25) is 0 Å². The van der Waals surface area contributed by atoms with Crippen LogP contribution < -0.4 is 4.74 Å². The number of ether oxygens (including phenoxy) is 1. The molecule has 136 valence electrons. The first-order valence-corrected chi connectivity index (χ1v) is 11.0. The Hall–Kier alpha value is -1.56. The second-order valence-corrected chi connectivity index (χ2v) is 8.86. The van der Waals surface area contributed by atoms with Gasteiger partial charge in [-0.1, -0.05) is 25.1 Å². The summed E-state index contributed by atoms with van der Waals surface area (Å²) in [6.07, 6.45) is 2.97. The van der Waals surface area contributed by atoms with Crippen LogP contribution in [0.4, 0.5) is 0 Å². The average molecular weight is 385 g/mol. The van der Waals surface area contributed by atoms with Crippen molar-refractivity contribution in [1.29, 1.82) is 0 Å². The standard InChI is InChI=1S/C21H24N2OS2/c1-15(21-17(24-2)7-5-10-22-21)20-16-6-3-4-8-18(16)26-19(20)9-11-23-12-13-25-14-23/h3-8,10,15H,9,11-14H2,1-2H3/t15-/m1/s1. The zero-order valence-electron chi connectivity index (χ0n) is 15.3. The van der Waals surface area contributed by atoms with Gasteiger partial charge >= 0.3 is 0 Å². The maximum Gasteiger partial charge on any atom is 0.140 e. The van der Waals surface area contributed by atoms with E-state index in [0.717, 1.165) is 24.4 Å².